The molecule has 3 atom stereocenters. The maximum atomic E-state index is 13.7. The van der Waals surface area contributed by atoms with Crippen molar-refractivity contribution in [3.05, 3.63) is 12.2 Å². The summed E-state index contributed by atoms with van der Waals surface area (Å²) >= 11 is 0. The molecule has 2 saturated heterocycles. The molecule has 39 heavy (non-hydrogen) atoms. The number of nitrogens with zero attached hydrogens (tertiary/aromatic N) is 2. The van der Waals surface area contributed by atoms with Gasteiger partial charge >= 0.3 is 0 Å². The highest BCUT2D eigenvalue weighted by atomic mass is 32.2. The number of alkyl halides is 2. The van der Waals surface area contributed by atoms with Gasteiger partial charge in [0, 0.05) is 32.4 Å². The van der Waals surface area contributed by atoms with Crippen molar-refractivity contribution in [2.75, 3.05) is 19.6 Å². The Morgan fingerprint density at radius 1 is 1.03 bits per heavy atom. The van der Waals surface area contributed by atoms with Crippen molar-refractivity contribution in [2.45, 2.75) is 114 Å². The fraction of sp³-hybridized carbons (Fsp3) is 0.778. The van der Waals surface area contributed by atoms with E-state index in [4.69, 9.17) is 0 Å². The first-order valence-electron chi connectivity index (χ1n) is 14.2. The van der Waals surface area contributed by atoms with Crippen LogP contribution in [0.4, 0.5) is 8.78 Å². The second-order valence-corrected chi connectivity index (χ2v) is 12.2. The van der Waals surface area contributed by atoms with Crippen LogP contribution in [0.25, 0.3) is 0 Å². The number of nitrogens with one attached hydrogen (secondary N) is 2. The van der Waals surface area contributed by atoms with Crippen molar-refractivity contribution in [3.8, 4) is 0 Å². The van der Waals surface area contributed by atoms with Crippen LogP contribution in [-0.2, 0) is 30.2 Å². The summed E-state index contributed by atoms with van der Waals surface area (Å²) < 4.78 is 42.1. The topological polar surface area (TPSA) is 116 Å². The summed E-state index contributed by atoms with van der Waals surface area (Å²) in [6.07, 6.45) is 10.4. The Balaban J connectivity index is 1.54. The lowest BCUT2D eigenvalue weighted by molar-refractivity contribution is -0.145. The normalized spacial score (nSPS) is 22.5. The number of allylic oxidation sites excluding steroid dienone is 1. The average Bonchev–Trinajstić information content (AvgIpc) is 3.63. The lowest BCUT2D eigenvalue weighted by atomic mass is 10.1. The molecule has 0 aromatic carbocycles. The highest BCUT2D eigenvalue weighted by Crippen LogP contribution is 2.27. The molecule has 3 fully saturated rings. The van der Waals surface area contributed by atoms with Gasteiger partial charge in [-0.2, -0.15) is 0 Å². The van der Waals surface area contributed by atoms with Gasteiger partial charge in [0.25, 0.3) is 11.8 Å². The molecule has 1 aliphatic carbocycles. The van der Waals surface area contributed by atoms with Gasteiger partial charge in [-0.05, 0) is 51.4 Å². The number of halogens is 2. The smallest absolute Gasteiger partial charge is 0.265 e. The van der Waals surface area contributed by atoms with Crippen LogP contribution in [0.3, 0.4) is 0 Å². The van der Waals surface area contributed by atoms with Gasteiger partial charge in [-0.1, -0.05) is 31.9 Å². The van der Waals surface area contributed by atoms with Gasteiger partial charge in [-0.25, -0.2) is 13.0 Å². The molecule has 3 aliphatic rings. The van der Waals surface area contributed by atoms with Crippen LogP contribution in [0, 0.1) is 0 Å². The molecular weight excluding hydrogens is 530 g/mol. The highest BCUT2D eigenvalue weighted by Gasteiger charge is 2.39. The molecule has 2 N–H and O–H groups in total. The highest BCUT2D eigenvalue weighted by molar-refractivity contribution is 7.84. The number of likely N-dealkylation sites (tertiary alicyclic amines) is 2. The third-order valence-electron chi connectivity index (χ3n) is 7.35. The number of rotatable bonds is 14. The van der Waals surface area contributed by atoms with Crippen LogP contribution in [0.1, 0.15) is 90.4 Å². The minimum atomic E-state index is -2.91. The molecule has 2 aliphatic heterocycles. The summed E-state index contributed by atoms with van der Waals surface area (Å²) in [6, 6.07) is -1.72. The molecule has 0 aromatic heterocycles. The first-order chi connectivity index (χ1) is 18.6. The van der Waals surface area contributed by atoms with Gasteiger partial charge in [0.15, 0.2) is 0 Å². The summed E-state index contributed by atoms with van der Waals surface area (Å²) in [4.78, 5) is 53.9. The molecule has 2 unspecified atom stereocenters. The number of hydrogen-bond donors (Lipinski definition) is 2. The zero-order valence-electron chi connectivity index (χ0n) is 22.8. The Morgan fingerprint density at radius 3 is 2.46 bits per heavy atom. The van der Waals surface area contributed by atoms with Crippen LogP contribution < -0.4 is 10.0 Å². The van der Waals surface area contributed by atoms with E-state index >= 15 is 0 Å². The molecule has 4 amide bonds. The second kappa shape index (κ2) is 14.9. The maximum Gasteiger partial charge on any atom is 0.265 e. The lowest BCUT2D eigenvalue weighted by Gasteiger charge is -2.32. The fourth-order valence-corrected chi connectivity index (χ4v) is 6.00. The zero-order valence-corrected chi connectivity index (χ0v) is 23.6. The van der Waals surface area contributed by atoms with Gasteiger partial charge < -0.3 is 15.1 Å². The van der Waals surface area contributed by atoms with Crippen molar-refractivity contribution in [2.24, 2.45) is 0 Å². The Hall–Kier alpha value is -2.37. The molecule has 12 heteroatoms. The molecule has 0 aromatic rings. The molecule has 0 radical (unpaired) electrons. The van der Waals surface area contributed by atoms with Gasteiger partial charge in [-0.3, -0.25) is 23.9 Å². The zero-order chi connectivity index (χ0) is 28.4. The SMILES string of the molecule is CCCCC/C=C\CC(NC(=O)[C@@H]1CCCN1C(=O)CCC(=O)N1CCCC(F)(F)C1)C(=O)NS(=O)C1CC1. The van der Waals surface area contributed by atoms with E-state index < -0.39 is 59.2 Å². The molecule has 9 nitrogen and oxygen atoms in total. The van der Waals surface area contributed by atoms with Crippen molar-refractivity contribution in [3.63, 3.8) is 0 Å². The van der Waals surface area contributed by atoms with E-state index in [1.54, 1.807) is 0 Å². The molecule has 1 saturated carbocycles. The van der Waals surface area contributed by atoms with E-state index in [1.165, 1.54) is 4.90 Å². The number of piperidine rings is 1. The Bertz CT molecular complexity index is 943. The molecule has 0 bridgehead atoms. The van der Waals surface area contributed by atoms with Crippen LogP contribution in [-0.4, -0.2) is 80.5 Å². The standard InChI is InChI=1S/C27H42F2N4O5S/c1-2-3-4-5-6-7-10-21(25(36)31-39(38)20-12-13-20)30-26(37)22-11-8-18-33(22)24(35)15-14-23(34)32-17-9-16-27(28,29)19-32/h6-7,20-22H,2-5,8-19H2,1H3,(H,30,37)(H,31,36)/b7-6-/t21?,22-,39?/m0/s1. The predicted molar refractivity (Wildman–Crippen MR) is 144 cm³/mol. The van der Waals surface area contributed by atoms with Gasteiger partial charge in [0.05, 0.1) is 11.8 Å². The lowest BCUT2D eigenvalue weighted by Crippen LogP contribution is -2.53. The minimum absolute atomic E-state index is 0.0447. The Kier molecular flexibility index (Phi) is 11.9. The summed E-state index contributed by atoms with van der Waals surface area (Å²) in [6.45, 7) is 2.08. The van der Waals surface area contributed by atoms with Crippen LogP contribution in [0.5, 0.6) is 0 Å². The summed E-state index contributed by atoms with van der Waals surface area (Å²) in [5.74, 6) is -4.79. The number of amides is 4. The largest absolute Gasteiger partial charge is 0.342 e. The monoisotopic (exact) mass is 572 g/mol. The van der Waals surface area contributed by atoms with Gasteiger partial charge in [0.2, 0.25) is 17.7 Å². The summed E-state index contributed by atoms with van der Waals surface area (Å²) in [5, 5.41) is 2.70. The summed E-state index contributed by atoms with van der Waals surface area (Å²) in [7, 11) is -1.49. The Morgan fingerprint density at radius 2 is 1.77 bits per heavy atom. The Labute approximate surface area is 232 Å². The third-order valence-corrected chi connectivity index (χ3v) is 8.83. The van der Waals surface area contributed by atoms with Gasteiger partial charge in [-0.15, -0.1) is 0 Å². The summed E-state index contributed by atoms with van der Waals surface area (Å²) in [5.41, 5.74) is 0. The maximum absolute atomic E-state index is 13.7. The minimum Gasteiger partial charge on any atom is -0.342 e. The number of carbonyl (C=O) groups is 4. The van der Waals surface area contributed by atoms with Crippen LogP contribution in [0.2, 0.25) is 0 Å². The number of hydrogen-bond acceptors (Lipinski definition) is 5. The third kappa shape index (κ3) is 9.95. The molecular formula is C27H42F2N4O5S. The molecule has 2 heterocycles. The van der Waals surface area contributed by atoms with Crippen molar-refractivity contribution in [1.82, 2.24) is 19.8 Å². The van der Waals surface area contributed by atoms with E-state index in [0.717, 1.165) is 43.4 Å². The van der Waals surface area contributed by atoms with Crippen LogP contribution >= 0.6 is 0 Å². The predicted octanol–water partition coefficient (Wildman–Crippen LogP) is 2.97. The van der Waals surface area contributed by atoms with Crippen LogP contribution in [0.15, 0.2) is 12.2 Å². The van der Waals surface area contributed by atoms with Gasteiger partial charge in [0.1, 0.15) is 23.1 Å². The fourth-order valence-electron chi connectivity index (χ4n) is 4.93. The molecule has 0 spiro atoms. The number of carbonyl (C=O) groups excluding carboxylic acids is 4. The van der Waals surface area contributed by atoms with E-state index in [1.807, 2.05) is 12.2 Å². The van der Waals surface area contributed by atoms with E-state index in [-0.39, 0.29) is 43.9 Å². The quantitative estimate of drug-likeness (QED) is 0.245. The van der Waals surface area contributed by atoms with E-state index in [9.17, 15) is 32.2 Å². The molecule has 3 rings (SSSR count). The molecule has 220 valence electrons. The number of unbranched alkanes of at least 4 members (excludes halogenated alkanes) is 3. The van der Waals surface area contributed by atoms with E-state index in [2.05, 4.69) is 17.0 Å². The van der Waals surface area contributed by atoms with Crippen molar-refractivity contribution < 1.29 is 32.2 Å². The average molecular weight is 573 g/mol. The first kappa shape index (κ1) is 31.2. The first-order valence-corrected chi connectivity index (χ1v) is 15.4. The van der Waals surface area contributed by atoms with Crippen molar-refractivity contribution >= 4 is 34.6 Å². The van der Waals surface area contributed by atoms with E-state index in [0.29, 0.717) is 19.4 Å². The van der Waals surface area contributed by atoms with Crippen molar-refractivity contribution in [1.29, 1.82) is 0 Å². The second-order valence-electron chi connectivity index (χ2n) is 10.7.